The molecule has 1 aliphatic heterocycles. The van der Waals surface area contributed by atoms with Crippen LogP contribution in [0.5, 0.6) is 0 Å². The molecule has 0 aliphatic carbocycles. The van der Waals surface area contributed by atoms with Crippen LogP contribution in [0.25, 0.3) is 16.6 Å². The molecule has 0 spiro atoms. The van der Waals surface area contributed by atoms with Gasteiger partial charge in [0.2, 0.25) is 0 Å². The van der Waals surface area contributed by atoms with Gasteiger partial charge in [-0.2, -0.15) is 0 Å². The van der Waals surface area contributed by atoms with Crippen molar-refractivity contribution in [3.8, 4) is 0 Å². The van der Waals surface area contributed by atoms with E-state index in [0.717, 1.165) is 12.8 Å². The Hall–Kier alpha value is -2.77. The molecule has 112 valence electrons. The number of likely N-dealkylation sites (tertiary alicyclic amines) is 1. The summed E-state index contributed by atoms with van der Waals surface area (Å²) in [5, 5.41) is 7.79. The van der Waals surface area contributed by atoms with E-state index in [9.17, 15) is 14.0 Å². The van der Waals surface area contributed by atoms with E-state index in [0.29, 0.717) is 24.1 Å². The molecule has 22 heavy (non-hydrogen) atoms. The predicted octanol–water partition coefficient (Wildman–Crippen LogP) is 0.946. The third kappa shape index (κ3) is 1.80. The summed E-state index contributed by atoms with van der Waals surface area (Å²) in [4.78, 5) is 29.0. The Balaban J connectivity index is 1.97. The van der Waals surface area contributed by atoms with Gasteiger partial charge in [-0.1, -0.05) is 5.21 Å². The lowest BCUT2D eigenvalue weighted by atomic mass is 10.2. The lowest BCUT2D eigenvalue weighted by Gasteiger charge is -2.12. The molecule has 1 N–H and O–H groups in total. The van der Waals surface area contributed by atoms with E-state index in [1.54, 1.807) is 4.90 Å². The number of carbonyl (C=O) groups is 1. The van der Waals surface area contributed by atoms with E-state index in [2.05, 4.69) is 15.3 Å². The molecule has 1 fully saturated rings. The van der Waals surface area contributed by atoms with Crippen molar-refractivity contribution in [2.24, 2.45) is 0 Å². The monoisotopic (exact) mass is 301 g/mol. The zero-order valence-corrected chi connectivity index (χ0v) is 11.5. The highest BCUT2D eigenvalue weighted by molar-refractivity contribution is 5.99. The highest BCUT2D eigenvalue weighted by Gasteiger charge is 2.26. The number of hydrogen-bond acceptors (Lipinski definition) is 4. The summed E-state index contributed by atoms with van der Waals surface area (Å²) >= 11 is 0. The number of aromatic nitrogens is 4. The van der Waals surface area contributed by atoms with Crippen molar-refractivity contribution in [1.29, 1.82) is 0 Å². The molecular weight excluding hydrogens is 289 g/mol. The minimum absolute atomic E-state index is 0.0365. The number of amides is 1. The van der Waals surface area contributed by atoms with Crippen molar-refractivity contribution in [3.05, 3.63) is 40.1 Å². The van der Waals surface area contributed by atoms with Crippen LogP contribution in [-0.4, -0.2) is 43.7 Å². The maximum absolute atomic E-state index is 13.3. The van der Waals surface area contributed by atoms with Crippen LogP contribution in [-0.2, 0) is 0 Å². The number of benzene rings is 1. The van der Waals surface area contributed by atoms with Gasteiger partial charge in [0, 0.05) is 13.1 Å². The van der Waals surface area contributed by atoms with Crippen LogP contribution in [0.3, 0.4) is 0 Å². The topological polar surface area (TPSA) is 83.4 Å². The Morgan fingerprint density at radius 2 is 2.05 bits per heavy atom. The van der Waals surface area contributed by atoms with Gasteiger partial charge in [-0.25, -0.2) is 8.91 Å². The summed E-state index contributed by atoms with van der Waals surface area (Å²) in [5.74, 6) is -0.754. The Morgan fingerprint density at radius 1 is 1.27 bits per heavy atom. The van der Waals surface area contributed by atoms with Gasteiger partial charge in [0.05, 0.1) is 11.0 Å². The first-order valence-electron chi connectivity index (χ1n) is 7.01. The van der Waals surface area contributed by atoms with Gasteiger partial charge in [0.15, 0.2) is 11.2 Å². The Morgan fingerprint density at radius 3 is 2.82 bits per heavy atom. The first kappa shape index (κ1) is 12.9. The predicted molar refractivity (Wildman–Crippen MR) is 76.2 cm³/mol. The molecule has 2 aromatic heterocycles. The Kier molecular flexibility index (Phi) is 2.72. The molecule has 0 bridgehead atoms. The van der Waals surface area contributed by atoms with E-state index >= 15 is 0 Å². The highest BCUT2D eigenvalue weighted by Crippen LogP contribution is 2.17. The zero-order chi connectivity index (χ0) is 15.3. The third-order valence-electron chi connectivity index (χ3n) is 3.92. The van der Waals surface area contributed by atoms with Crippen LogP contribution in [0.4, 0.5) is 4.39 Å². The lowest BCUT2D eigenvalue weighted by molar-refractivity contribution is 0.0789. The second kappa shape index (κ2) is 4.62. The van der Waals surface area contributed by atoms with E-state index in [-0.39, 0.29) is 17.1 Å². The van der Waals surface area contributed by atoms with E-state index in [1.807, 2.05) is 0 Å². The molecule has 0 radical (unpaired) electrons. The van der Waals surface area contributed by atoms with Crippen molar-refractivity contribution in [2.75, 3.05) is 13.1 Å². The van der Waals surface area contributed by atoms with Crippen molar-refractivity contribution < 1.29 is 9.18 Å². The fraction of sp³-hybridized carbons (Fsp3) is 0.286. The molecule has 0 atom stereocenters. The third-order valence-corrected chi connectivity index (χ3v) is 3.92. The number of carbonyl (C=O) groups excluding carboxylic acids is 1. The average molecular weight is 301 g/mol. The number of nitrogens with zero attached hydrogens (tertiary/aromatic N) is 4. The summed E-state index contributed by atoms with van der Waals surface area (Å²) in [7, 11) is 0. The van der Waals surface area contributed by atoms with Crippen LogP contribution in [0.1, 0.15) is 23.3 Å². The summed E-state index contributed by atoms with van der Waals surface area (Å²) in [5.41, 5.74) is 0.419. The molecule has 0 saturated carbocycles. The van der Waals surface area contributed by atoms with Crippen molar-refractivity contribution >= 4 is 22.5 Å². The largest absolute Gasteiger partial charge is 0.337 e. The SMILES string of the molecule is O=C(c1nnn2c1c(=O)[nH]c1cc(F)ccc12)N1CCCC1. The summed E-state index contributed by atoms with van der Waals surface area (Å²) < 4.78 is 14.6. The van der Waals surface area contributed by atoms with E-state index < -0.39 is 11.4 Å². The van der Waals surface area contributed by atoms with Gasteiger partial charge in [0.1, 0.15) is 5.82 Å². The Bertz CT molecular complexity index is 955. The van der Waals surface area contributed by atoms with Gasteiger partial charge in [-0.15, -0.1) is 5.10 Å². The molecule has 4 rings (SSSR count). The Labute approximate surface area is 123 Å². The zero-order valence-electron chi connectivity index (χ0n) is 11.5. The second-order valence-corrected chi connectivity index (χ2v) is 5.31. The lowest BCUT2D eigenvalue weighted by Crippen LogP contribution is -2.29. The summed E-state index contributed by atoms with van der Waals surface area (Å²) in [6, 6.07) is 3.97. The first-order chi connectivity index (χ1) is 10.6. The molecule has 1 amide bonds. The summed E-state index contributed by atoms with van der Waals surface area (Å²) in [6.45, 7) is 1.32. The van der Waals surface area contributed by atoms with Gasteiger partial charge < -0.3 is 9.88 Å². The smallest absolute Gasteiger partial charge is 0.277 e. The highest BCUT2D eigenvalue weighted by atomic mass is 19.1. The minimum atomic E-state index is -0.509. The van der Waals surface area contributed by atoms with Crippen molar-refractivity contribution in [3.63, 3.8) is 0 Å². The van der Waals surface area contributed by atoms with Crippen LogP contribution in [0, 0.1) is 5.82 Å². The molecule has 7 nitrogen and oxygen atoms in total. The van der Waals surface area contributed by atoms with Crippen molar-refractivity contribution in [2.45, 2.75) is 12.8 Å². The number of rotatable bonds is 1. The fourth-order valence-electron chi connectivity index (χ4n) is 2.84. The molecule has 0 unspecified atom stereocenters. The molecule has 1 saturated heterocycles. The molecular formula is C14H12FN5O2. The van der Waals surface area contributed by atoms with Gasteiger partial charge in [-0.3, -0.25) is 9.59 Å². The summed E-state index contributed by atoms with van der Waals surface area (Å²) in [6.07, 6.45) is 1.90. The number of nitrogens with one attached hydrogen (secondary N) is 1. The maximum atomic E-state index is 13.3. The number of halogens is 1. The van der Waals surface area contributed by atoms with Crippen LogP contribution in [0.15, 0.2) is 23.0 Å². The molecule has 8 heteroatoms. The first-order valence-corrected chi connectivity index (χ1v) is 7.01. The number of fused-ring (bicyclic) bond motifs is 3. The second-order valence-electron chi connectivity index (χ2n) is 5.31. The number of aromatic amines is 1. The average Bonchev–Trinajstić information content (AvgIpc) is 3.16. The fourth-order valence-corrected chi connectivity index (χ4v) is 2.84. The van der Waals surface area contributed by atoms with Gasteiger partial charge in [0.25, 0.3) is 11.5 Å². The van der Waals surface area contributed by atoms with Crippen LogP contribution >= 0.6 is 0 Å². The maximum Gasteiger partial charge on any atom is 0.277 e. The van der Waals surface area contributed by atoms with E-state index in [1.165, 1.54) is 22.7 Å². The van der Waals surface area contributed by atoms with Crippen molar-refractivity contribution in [1.82, 2.24) is 24.7 Å². The van der Waals surface area contributed by atoms with Crippen LogP contribution < -0.4 is 5.56 Å². The molecule has 3 aromatic rings. The number of H-pyrrole nitrogens is 1. The molecule has 3 heterocycles. The number of hydrogen-bond donors (Lipinski definition) is 1. The minimum Gasteiger partial charge on any atom is -0.337 e. The van der Waals surface area contributed by atoms with E-state index in [4.69, 9.17) is 0 Å². The van der Waals surface area contributed by atoms with Gasteiger partial charge in [-0.05, 0) is 31.0 Å². The van der Waals surface area contributed by atoms with Crippen LogP contribution in [0.2, 0.25) is 0 Å². The quantitative estimate of drug-likeness (QED) is 0.725. The molecule has 1 aromatic carbocycles. The molecule has 1 aliphatic rings. The normalized spacial score (nSPS) is 15.0. The van der Waals surface area contributed by atoms with Gasteiger partial charge >= 0.3 is 0 Å². The standard InChI is InChI=1S/C14H12FN5O2/c15-8-3-4-10-9(7-8)16-13(21)12-11(17-18-20(10)12)14(22)19-5-1-2-6-19/h3-4,7H,1-2,5-6H2,(H,16,21).